The normalized spacial score (nSPS) is 18.2. The predicted octanol–water partition coefficient (Wildman–Crippen LogP) is 2.19. The Bertz CT molecular complexity index is 1470. The Kier molecular flexibility index (Phi) is 5.56. The lowest BCUT2D eigenvalue weighted by Crippen LogP contribution is -2.54. The predicted molar refractivity (Wildman–Crippen MR) is 131 cm³/mol. The van der Waals surface area contributed by atoms with Crippen molar-refractivity contribution in [1.29, 1.82) is 0 Å². The fourth-order valence-corrected chi connectivity index (χ4v) is 4.69. The zero-order valence-corrected chi connectivity index (χ0v) is 19.5. The standard InChI is InChI=1S/C24H25FN8O2/c1-12-9-33(10-13(2)28-12)19-5-4-16(21-17(19)8-27-23(30-21)22(26)34)24(35)29-15-6-14-11-32(3)31-20(14)18(25)7-15/h4-8,11-13,28H,9-10H2,1-3H3,(H2,26,34)(H,29,35)/t12-,13+. The van der Waals surface area contributed by atoms with Crippen molar-refractivity contribution in [3.63, 3.8) is 0 Å². The largest absolute Gasteiger partial charge is 0.368 e. The Morgan fingerprint density at radius 3 is 2.63 bits per heavy atom. The van der Waals surface area contributed by atoms with Gasteiger partial charge in [0.05, 0.1) is 11.1 Å². The maximum atomic E-state index is 14.5. The third-order valence-electron chi connectivity index (χ3n) is 6.03. The number of amides is 2. The van der Waals surface area contributed by atoms with E-state index < -0.39 is 17.6 Å². The molecule has 2 amide bonds. The number of benzene rings is 2. The zero-order chi connectivity index (χ0) is 24.9. The van der Waals surface area contributed by atoms with Crippen molar-refractivity contribution in [2.45, 2.75) is 25.9 Å². The molecule has 3 heterocycles. The van der Waals surface area contributed by atoms with Crippen LogP contribution in [0.5, 0.6) is 0 Å². The molecule has 0 saturated carbocycles. The van der Waals surface area contributed by atoms with Gasteiger partial charge in [0, 0.05) is 66.8 Å². The molecule has 4 N–H and O–H groups in total. The third kappa shape index (κ3) is 4.26. The van der Waals surface area contributed by atoms with E-state index in [2.05, 4.69) is 44.4 Å². The first-order valence-corrected chi connectivity index (χ1v) is 11.2. The van der Waals surface area contributed by atoms with Crippen molar-refractivity contribution in [3.8, 4) is 0 Å². The molecule has 0 aliphatic carbocycles. The summed E-state index contributed by atoms with van der Waals surface area (Å²) in [4.78, 5) is 35.7. The summed E-state index contributed by atoms with van der Waals surface area (Å²) in [6, 6.07) is 6.89. The number of anilines is 2. The van der Waals surface area contributed by atoms with Crippen molar-refractivity contribution in [3.05, 3.63) is 53.9 Å². The van der Waals surface area contributed by atoms with Crippen LogP contribution in [-0.4, -0.2) is 56.7 Å². The van der Waals surface area contributed by atoms with Gasteiger partial charge < -0.3 is 21.3 Å². The molecule has 1 saturated heterocycles. The first-order valence-electron chi connectivity index (χ1n) is 11.2. The summed E-state index contributed by atoms with van der Waals surface area (Å²) in [6.45, 7) is 5.72. The molecule has 0 radical (unpaired) electrons. The number of nitrogens with zero attached hydrogens (tertiary/aromatic N) is 5. The summed E-state index contributed by atoms with van der Waals surface area (Å²) in [6.07, 6.45) is 3.19. The molecule has 0 bridgehead atoms. The van der Waals surface area contributed by atoms with Crippen molar-refractivity contribution >= 4 is 45.0 Å². The Hall–Kier alpha value is -4.12. The van der Waals surface area contributed by atoms with Gasteiger partial charge in [-0.3, -0.25) is 14.3 Å². The number of nitrogens with two attached hydrogens (primary N) is 1. The van der Waals surface area contributed by atoms with E-state index in [0.717, 1.165) is 18.8 Å². The lowest BCUT2D eigenvalue weighted by molar-refractivity contribution is 0.0987. The van der Waals surface area contributed by atoms with Gasteiger partial charge >= 0.3 is 0 Å². The number of carbonyl (C=O) groups is 2. The quantitative estimate of drug-likeness (QED) is 0.411. The molecular weight excluding hydrogens is 451 g/mol. The number of nitrogens with one attached hydrogen (secondary N) is 2. The third-order valence-corrected chi connectivity index (χ3v) is 6.03. The Labute approximate surface area is 200 Å². The number of piperazine rings is 1. The molecule has 1 aliphatic heterocycles. The fourth-order valence-electron chi connectivity index (χ4n) is 4.69. The highest BCUT2D eigenvalue weighted by molar-refractivity contribution is 6.14. The summed E-state index contributed by atoms with van der Waals surface area (Å²) in [5.74, 6) is -2.02. The highest BCUT2D eigenvalue weighted by atomic mass is 19.1. The second-order valence-corrected chi connectivity index (χ2v) is 8.98. The first-order chi connectivity index (χ1) is 16.7. The molecule has 0 spiro atoms. The summed E-state index contributed by atoms with van der Waals surface area (Å²) in [5, 5.41) is 11.5. The van der Waals surface area contributed by atoms with Crippen LogP contribution in [0.25, 0.3) is 21.8 Å². The summed E-state index contributed by atoms with van der Waals surface area (Å²) in [5.41, 5.74) is 7.28. The number of aryl methyl sites for hydroxylation is 1. The molecule has 4 aromatic rings. The molecule has 180 valence electrons. The molecule has 2 aromatic carbocycles. The fraction of sp³-hybridized carbons (Fsp3) is 0.292. The minimum Gasteiger partial charge on any atom is -0.368 e. The van der Waals surface area contributed by atoms with Crippen LogP contribution in [0.4, 0.5) is 15.8 Å². The Morgan fingerprint density at radius 2 is 1.91 bits per heavy atom. The van der Waals surface area contributed by atoms with Crippen LogP contribution < -0.4 is 21.3 Å². The smallest absolute Gasteiger partial charge is 0.286 e. The van der Waals surface area contributed by atoms with Crippen LogP contribution in [0.3, 0.4) is 0 Å². The topological polar surface area (TPSA) is 131 Å². The van der Waals surface area contributed by atoms with Gasteiger partial charge in [0.2, 0.25) is 5.82 Å². The number of hydrogen-bond donors (Lipinski definition) is 3. The molecule has 10 nitrogen and oxygen atoms in total. The lowest BCUT2D eigenvalue weighted by atomic mass is 10.0. The first kappa shape index (κ1) is 22.7. The number of hydrogen-bond acceptors (Lipinski definition) is 7. The second-order valence-electron chi connectivity index (χ2n) is 8.98. The number of rotatable bonds is 4. The molecule has 1 fully saturated rings. The van der Waals surface area contributed by atoms with E-state index in [1.165, 1.54) is 16.9 Å². The van der Waals surface area contributed by atoms with Crippen molar-refractivity contribution in [2.75, 3.05) is 23.3 Å². The maximum Gasteiger partial charge on any atom is 0.286 e. The molecule has 5 rings (SSSR count). The van der Waals surface area contributed by atoms with Gasteiger partial charge in [-0.2, -0.15) is 5.10 Å². The van der Waals surface area contributed by atoms with E-state index in [9.17, 15) is 14.0 Å². The van der Waals surface area contributed by atoms with Crippen LogP contribution in [0.15, 0.2) is 36.7 Å². The van der Waals surface area contributed by atoms with E-state index in [0.29, 0.717) is 16.3 Å². The summed E-state index contributed by atoms with van der Waals surface area (Å²) in [7, 11) is 1.70. The van der Waals surface area contributed by atoms with E-state index in [1.54, 1.807) is 25.4 Å². The summed E-state index contributed by atoms with van der Waals surface area (Å²) >= 11 is 0. The average Bonchev–Trinajstić information content (AvgIpc) is 3.18. The maximum absolute atomic E-state index is 14.5. The number of halogens is 1. The Balaban J connectivity index is 1.57. The van der Waals surface area contributed by atoms with Gasteiger partial charge in [0.15, 0.2) is 5.82 Å². The van der Waals surface area contributed by atoms with Crippen molar-refractivity contribution < 1.29 is 14.0 Å². The minimum atomic E-state index is -0.794. The number of fused-ring (bicyclic) bond motifs is 2. The molecular formula is C24H25FN8O2. The van der Waals surface area contributed by atoms with Gasteiger partial charge in [-0.1, -0.05) is 0 Å². The lowest BCUT2D eigenvalue weighted by Gasteiger charge is -2.38. The molecule has 2 aromatic heterocycles. The van der Waals surface area contributed by atoms with Gasteiger partial charge in [-0.25, -0.2) is 14.4 Å². The minimum absolute atomic E-state index is 0.187. The Morgan fingerprint density at radius 1 is 1.17 bits per heavy atom. The molecule has 0 unspecified atom stereocenters. The monoisotopic (exact) mass is 476 g/mol. The van der Waals surface area contributed by atoms with E-state index in [1.807, 2.05) is 6.07 Å². The van der Waals surface area contributed by atoms with Crippen LogP contribution in [-0.2, 0) is 7.05 Å². The van der Waals surface area contributed by atoms with Gasteiger partial charge in [-0.15, -0.1) is 0 Å². The van der Waals surface area contributed by atoms with Crippen molar-refractivity contribution in [2.24, 2.45) is 12.8 Å². The average molecular weight is 477 g/mol. The van der Waals surface area contributed by atoms with E-state index in [-0.39, 0.29) is 34.7 Å². The SMILES string of the molecule is C[C@@H]1CN(c2ccc(C(=O)Nc3cc(F)c4nn(C)cc4c3)c3nc(C(N)=O)ncc23)C[C@H](C)N1. The number of primary amides is 1. The second kappa shape index (κ2) is 8.58. The van der Waals surface area contributed by atoms with E-state index >= 15 is 0 Å². The van der Waals surface area contributed by atoms with Crippen LogP contribution in [0, 0.1) is 5.82 Å². The zero-order valence-electron chi connectivity index (χ0n) is 19.5. The highest BCUT2D eigenvalue weighted by Crippen LogP contribution is 2.30. The van der Waals surface area contributed by atoms with Crippen molar-refractivity contribution in [1.82, 2.24) is 25.1 Å². The summed E-state index contributed by atoms with van der Waals surface area (Å²) < 4.78 is 16.0. The number of carbonyl (C=O) groups excluding carboxylic acids is 2. The molecule has 1 aliphatic rings. The number of aromatic nitrogens is 4. The van der Waals surface area contributed by atoms with Gasteiger partial charge in [0.1, 0.15) is 5.52 Å². The van der Waals surface area contributed by atoms with Gasteiger partial charge in [-0.05, 0) is 38.1 Å². The van der Waals surface area contributed by atoms with Gasteiger partial charge in [0.25, 0.3) is 11.8 Å². The molecule has 35 heavy (non-hydrogen) atoms. The van der Waals surface area contributed by atoms with Crippen LogP contribution in [0.2, 0.25) is 0 Å². The molecule has 2 atom stereocenters. The highest BCUT2D eigenvalue weighted by Gasteiger charge is 2.25. The van der Waals surface area contributed by atoms with E-state index in [4.69, 9.17) is 5.73 Å². The van der Waals surface area contributed by atoms with Crippen LogP contribution >= 0.6 is 0 Å². The van der Waals surface area contributed by atoms with Crippen LogP contribution in [0.1, 0.15) is 34.8 Å². The molecule has 11 heteroatoms.